The minimum atomic E-state index is -3.68. The maximum absolute atomic E-state index is 13.0. The second-order valence-electron chi connectivity index (χ2n) is 7.66. The lowest BCUT2D eigenvalue weighted by Gasteiger charge is -2.20. The Bertz CT molecular complexity index is 1260. The Morgan fingerprint density at radius 1 is 1.12 bits per heavy atom. The van der Waals surface area contributed by atoms with E-state index in [-0.39, 0.29) is 11.0 Å². The van der Waals surface area contributed by atoms with Crippen LogP contribution in [0.2, 0.25) is 0 Å². The van der Waals surface area contributed by atoms with Crippen LogP contribution in [-0.4, -0.2) is 42.8 Å². The van der Waals surface area contributed by atoms with Gasteiger partial charge in [0, 0.05) is 36.3 Å². The Balaban J connectivity index is 1.91. The van der Waals surface area contributed by atoms with Gasteiger partial charge in [0.05, 0.1) is 22.2 Å². The van der Waals surface area contributed by atoms with Crippen LogP contribution in [0.5, 0.6) is 5.75 Å². The first-order valence-corrected chi connectivity index (χ1v) is 12.3. The summed E-state index contributed by atoms with van der Waals surface area (Å²) in [6.07, 6.45) is 4.64. The number of amides is 1. The molecule has 8 heteroatoms. The number of fused-ring (bicyclic) bond motifs is 1. The van der Waals surface area contributed by atoms with Crippen LogP contribution in [0.4, 0.5) is 5.69 Å². The van der Waals surface area contributed by atoms with E-state index in [9.17, 15) is 13.2 Å². The summed E-state index contributed by atoms with van der Waals surface area (Å²) in [5, 5.41) is 3.74. The number of sulfonamides is 1. The zero-order chi connectivity index (χ0) is 24.0. The molecule has 3 rings (SSSR count). The van der Waals surface area contributed by atoms with Crippen LogP contribution < -0.4 is 10.1 Å². The minimum absolute atomic E-state index is 0.0971. The van der Waals surface area contributed by atoms with Crippen molar-refractivity contribution in [3.63, 3.8) is 0 Å². The van der Waals surface area contributed by atoms with E-state index in [0.717, 1.165) is 16.5 Å². The zero-order valence-electron chi connectivity index (χ0n) is 19.3. The molecule has 174 valence electrons. The molecule has 1 aromatic heterocycles. The molecule has 1 heterocycles. The largest absolute Gasteiger partial charge is 0.489 e. The van der Waals surface area contributed by atoms with Gasteiger partial charge in [0.15, 0.2) is 0 Å². The second kappa shape index (κ2) is 10.6. The Labute approximate surface area is 195 Å². The van der Waals surface area contributed by atoms with Crippen LogP contribution in [0.25, 0.3) is 17.0 Å². The number of anilines is 1. The summed E-state index contributed by atoms with van der Waals surface area (Å²) >= 11 is 0. The molecule has 33 heavy (non-hydrogen) atoms. The molecule has 0 aliphatic rings. The van der Waals surface area contributed by atoms with Crippen molar-refractivity contribution in [2.24, 2.45) is 0 Å². The first kappa shape index (κ1) is 24.4. The van der Waals surface area contributed by atoms with Gasteiger partial charge in [-0.2, -0.15) is 4.31 Å². The molecule has 0 unspecified atom stereocenters. The van der Waals surface area contributed by atoms with Crippen molar-refractivity contribution in [1.82, 2.24) is 9.29 Å². The van der Waals surface area contributed by atoms with E-state index in [1.807, 2.05) is 44.2 Å². The van der Waals surface area contributed by atoms with Crippen LogP contribution in [0.1, 0.15) is 33.3 Å². The predicted octanol–water partition coefficient (Wildman–Crippen LogP) is 4.70. The number of pyridine rings is 1. The molecular formula is C25H29N3O4S. The third-order valence-corrected chi connectivity index (χ3v) is 7.04. The molecule has 3 aromatic rings. The topological polar surface area (TPSA) is 88.6 Å². The quantitative estimate of drug-likeness (QED) is 0.461. The van der Waals surface area contributed by atoms with E-state index in [1.54, 1.807) is 32.2 Å². The van der Waals surface area contributed by atoms with Crippen LogP contribution in [0.15, 0.2) is 65.7 Å². The van der Waals surface area contributed by atoms with Gasteiger partial charge in [-0.05, 0) is 44.2 Å². The number of nitrogens with one attached hydrogen (secondary N) is 1. The van der Waals surface area contributed by atoms with Crippen LogP contribution >= 0.6 is 0 Å². The van der Waals surface area contributed by atoms with Crippen molar-refractivity contribution in [1.29, 1.82) is 0 Å². The Morgan fingerprint density at radius 2 is 1.85 bits per heavy atom. The van der Waals surface area contributed by atoms with Crippen LogP contribution in [-0.2, 0) is 14.8 Å². The Hall–Kier alpha value is -3.23. The number of carbonyl (C=O) groups is 1. The minimum Gasteiger partial charge on any atom is -0.489 e. The molecule has 0 atom stereocenters. The number of hydrogen-bond acceptors (Lipinski definition) is 5. The normalized spacial score (nSPS) is 12.1. The zero-order valence-corrected chi connectivity index (χ0v) is 20.1. The average molecular weight is 468 g/mol. The molecule has 0 radical (unpaired) electrons. The van der Waals surface area contributed by atoms with Crippen molar-refractivity contribution in [3.8, 4) is 5.75 Å². The summed E-state index contributed by atoms with van der Waals surface area (Å²) in [6, 6.07) is 14.1. The molecule has 0 fully saturated rings. The van der Waals surface area contributed by atoms with Crippen molar-refractivity contribution >= 4 is 38.6 Å². The van der Waals surface area contributed by atoms with Crippen LogP contribution in [0.3, 0.4) is 0 Å². The number of benzene rings is 2. The summed E-state index contributed by atoms with van der Waals surface area (Å²) in [5.74, 6) is -0.00833. The summed E-state index contributed by atoms with van der Waals surface area (Å²) in [5.41, 5.74) is 1.89. The van der Waals surface area contributed by atoms with Gasteiger partial charge in [-0.1, -0.05) is 38.1 Å². The second-order valence-corrected chi connectivity index (χ2v) is 9.60. The molecule has 2 aromatic carbocycles. The van der Waals surface area contributed by atoms with Crippen molar-refractivity contribution < 1.29 is 17.9 Å². The van der Waals surface area contributed by atoms with E-state index in [0.29, 0.717) is 24.5 Å². The fourth-order valence-electron chi connectivity index (χ4n) is 3.44. The van der Waals surface area contributed by atoms with Crippen molar-refractivity contribution in [2.45, 2.75) is 38.7 Å². The number of nitrogens with zero attached hydrogens (tertiary/aromatic N) is 2. The highest BCUT2D eigenvalue weighted by Crippen LogP contribution is 2.30. The van der Waals surface area contributed by atoms with Gasteiger partial charge in [-0.25, -0.2) is 8.42 Å². The molecular weight excluding hydrogens is 438 g/mol. The number of aromatic nitrogens is 1. The van der Waals surface area contributed by atoms with Crippen molar-refractivity contribution in [3.05, 3.63) is 66.4 Å². The van der Waals surface area contributed by atoms with Gasteiger partial charge >= 0.3 is 0 Å². The highest BCUT2D eigenvalue weighted by molar-refractivity contribution is 7.89. The van der Waals surface area contributed by atoms with Gasteiger partial charge < -0.3 is 10.1 Å². The van der Waals surface area contributed by atoms with Gasteiger partial charge in [-0.3, -0.25) is 9.78 Å². The van der Waals surface area contributed by atoms with E-state index >= 15 is 0 Å². The standard InChI is InChI=1S/C25H29N3O4S/c1-5-28(6-2)33(30,31)21-13-14-23(32-18(3)4)22(17-21)27-24(29)15-12-20-10-7-9-19-11-8-16-26-25(19)20/h7-18H,5-6H2,1-4H3,(H,27,29)/b15-12+. The number of carbonyl (C=O) groups excluding carboxylic acids is 1. The summed E-state index contributed by atoms with van der Waals surface area (Å²) < 4.78 is 33.1. The lowest BCUT2D eigenvalue weighted by atomic mass is 10.1. The average Bonchev–Trinajstić information content (AvgIpc) is 2.79. The molecule has 7 nitrogen and oxygen atoms in total. The SMILES string of the molecule is CCN(CC)S(=O)(=O)c1ccc(OC(C)C)c(NC(=O)/C=C/c2cccc3cccnc23)c1. The maximum atomic E-state index is 13.0. The molecule has 0 saturated carbocycles. The highest BCUT2D eigenvalue weighted by Gasteiger charge is 2.23. The number of hydrogen-bond donors (Lipinski definition) is 1. The first-order valence-electron chi connectivity index (χ1n) is 10.9. The molecule has 0 spiro atoms. The molecule has 0 bridgehead atoms. The summed E-state index contributed by atoms with van der Waals surface area (Å²) in [6.45, 7) is 8.00. The molecule has 0 aliphatic heterocycles. The fraction of sp³-hybridized carbons (Fsp3) is 0.280. The Morgan fingerprint density at radius 3 is 2.55 bits per heavy atom. The van der Waals surface area contributed by atoms with Gasteiger partial charge in [-0.15, -0.1) is 0 Å². The van der Waals surface area contributed by atoms with E-state index in [2.05, 4.69) is 10.3 Å². The summed E-state index contributed by atoms with van der Waals surface area (Å²) in [4.78, 5) is 17.2. The molecule has 0 saturated heterocycles. The third kappa shape index (κ3) is 5.77. The Kier molecular flexibility index (Phi) is 7.84. The maximum Gasteiger partial charge on any atom is 0.248 e. The molecule has 1 N–H and O–H groups in total. The summed E-state index contributed by atoms with van der Waals surface area (Å²) in [7, 11) is -3.68. The predicted molar refractivity (Wildman–Crippen MR) is 132 cm³/mol. The van der Waals surface area contributed by atoms with E-state index in [1.165, 1.54) is 22.5 Å². The number of rotatable bonds is 9. The van der Waals surface area contributed by atoms with Gasteiger partial charge in [0.2, 0.25) is 15.9 Å². The van der Waals surface area contributed by atoms with Crippen LogP contribution in [0, 0.1) is 0 Å². The first-order chi connectivity index (χ1) is 15.8. The third-order valence-electron chi connectivity index (χ3n) is 4.99. The van der Waals surface area contributed by atoms with Gasteiger partial charge in [0.1, 0.15) is 5.75 Å². The number of ether oxygens (including phenoxy) is 1. The lowest BCUT2D eigenvalue weighted by molar-refractivity contribution is -0.111. The molecule has 0 aliphatic carbocycles. The smallest absolute Gasteiger partial charge is 0.248 e. The van der Waals surface area contributed by atoms with Crippen molar-refractivity contribution in [2.75, 3.05) is 18.4 Å². The lowest BCUT2D eigenvalue weighted by Crippen LogP contribution is -2.30. The van der Waals surface area contributed by atoms with E-state index in [4.69, 9.17) is 4.74 Å². The number of para-hydroxylation sites is 1. The fourth-order valence-corrected chi connectivity index (χ4v) is 4.92. The van der Waals surface area contributed by atoms with E-state index < -0.39 is 15.9 Å². The van der Waals surface area contributed by atoms with Gasteiger partial charge in [0.25, 0.3) is 0 Å². The molecule has 1 amide bonds. The monoisotopic (exact) mass is 467 g/mol. The highest BCUT2D eigenvalue weighted by atomic mass is 32.2.